The number of nitro groups is 1. The van der Waals surface area contributed by atoms with Crippen molar-refractivity contribution < 1.29 is 9.72 Å². The van der Waals surface area contributed by atoms with Gasteiger partial charge in [-0.2, -0.15) is 4.99 Å². The van der Waals surface area contributed by atoms with Crippen LogP contribution in [0.25, 0.3) is 0 Å². The maximum Gasteiger partial charge on any atom is 0.271 e. The third-order valence-electron chi connectivity index (χ3n) is 1.60. The summed E-state index contributed by atoms with van der Waals surface area (Å²) >= 11 is 5.75. The predicted molar refractivity (Wildman–Crippen MR) is 50.6 cm³/mol. The Hall–Kier alpha value is -1.71. The second-order valence-electron chi connectivity index (χ2n) is 2.56. The summed E-state index contributed by atoms with van der Waals surface area (Å²) < 4.78 is 0. The van der Waals surface area contributed by atoms with Crippen molar-refractivity contribution in [1.29, 1.82) is 0 Å². The molecular formula is C8H5ClN2O3. The lowest BCUT2D eigenvalue weighted by molar-refractivity contribution is -0.384. The molecule has 0 saturated carbocycles. The van der Waals surface area contributed by atoms with E-state index in [1.807, 2.05) is 0 Å². The topological polar surface area (TPSA) is 72.6 Å². The van der Waals surface area contributed by atoms with Crippen LogP contribution in [0.15, 0.2) is 17.1 Å². The molecule has 1 aromatic carbocycles. The Labute approximate surface area is 84.2 Å². The molecule has 0 heterocycles. The molecule has 0 N–H and O–H groups in total. The number of benzene rings is 1. The Kier molecular flexibility index (Phi) is 2.96. The fourth-order valence-corrected chi connectivity index (χ4v) is 1.12. The molecule has 1 aromatic rings. The number of non-ortho nitro benzene ring substituents is 1. The van der Waals surface area contributed by atoms with Gasteiger partial charge in [-0.1, -0.05) is 11.6 Å². The summed E-state index contributed by atoms with van der Waals surface area (Å²) in [5, 5.41) is 10.7. The van der Waals surface area contributed by atoms with E-state index in [1.54, 1.807) is 6.92 Å². The summed E-state index contributed by atoms with van der Waals surface area (Å²) in [6, 6.07) is 2.44. The first-order chi connectivity index (χ1) is 6.56. The smallest absolute Gasteiger partial charge is 0.258 e. The van der Waals surface area contributed by atoms with Gasteiger partial charge in [0.15, 0.2) is 0 Å². The van der Waals surface area contributed by atoms with E-state index >= 15 is 0 Å². The van der Waals surface area contributed by atoms with Gasteiger partial charge in [0.2, 0.25) is 6.08 Å². The lowest BCUT2D eigenvalue weighted by atomic mass is 10.2. The van der Waals surface area contributed by atoms with Gasteiger partial charge < -0.3 is 0 Å². The molecule has 0 atom stereocenters. The lowest BCUT2D eigenvalue weighted by Crippen LogP contribution is -1.89. The van der Waals surface area contributed by atoms with Crippen LogP contribution in [0.2, 0.25) is 5.02 Å². The second kappa shape index (κ2) is 4.00. The molecule has 0 spiro atoms. The van der Waals surface area contributed by atoms with E-state index in [2.05, 4.69) is 4.99 Å². The minimum absolute atomic E-state index is 0.0633. The van der Waals surface area contributed by atoms with Crippen molar-refractivity contribution in [3.8, 4) is 0 Å². The van der Waals surface area contributed by atoms with Crippen molar-refractivity contribution in [2.24, 2.45) is 4.99 Å². The van der Waals surface area contributed by atoms with Gasteiger partial charge in [-0.15, -0.1) is 0 Å². The molecule has 14 heavy (non-hydrogen) atoms. The second-order valence-corrected chi connectivity index (χ2v) is 2.93. The maximum atomic E-state index is 10.4. The van der Waals surface area contributed by atoms with Crippen molar-refractivity contribution in [3.63, 3.8) is 0 Å². The molecular weight excluding hydrogens is 208 g/mol. The van der Waals surface area contributed by atoms with E-state index in [4.69, 9.17) is 11.6 Å². The van der Waals surface area contributed by atoms with Crippen LogP contribution in [0.3, 0.4) is 0 Å². The van der Waals surface area contributed by atoms with Crippen LogP contribution in [0.4, 0.5) is 11.4 Å². The molecule has 0 aliphatic heterocycles. The number of aliphatic imine (C=N–C) groups is 1. The summed E-state index contributed by atoms with van der Waals surface area (Å²) in [4.78, 5) is 23.1. The number of hydrogen-bond acceptors (Lipinski definition) is 4. The number of carbonyl (C=O) groups excluding carboxylic acids is 1. The summed E-state index contributed by atoms with van der Waals surface area (Å²) in [6.07, 6.45) is 1.29. The molecule has 0 radical (unpaired) electrons. The van der Waals surface area contributed by atoms with Crippen molar-refractivity contribution >= 4 is 29.1 Å². The first-order valence-electron chi connectivity index (χ1n) is 3.58. The Morgan fingerprint density at radius 2 is 2.21 bits per heavy atom. The number of aryl methyl sites for hydroxylation is 1. The Bertz CT molecular complexity index is 438. The highest BCUT2D eigenvalue weighted by Crippen LogP contribution is 2.32. The van der Waals surface area contributed by atoms with Crippen LogP contribution in [-0.4, -0.2) is 11.0 Å². The van der Waals surface area contributed by atoms with E-state index in [1.165, 1.54) is 12.1 Å². The van der Waals surface area contributed by atoms with Gasteiger partial charge in [-0.05, 0) is 12.5 Å². The summed E-state index contributed by atoms with van der Waals surface area (Å²) in [7, 11) is 0. The van der Waals surface area contributed by atoms with Crippen molar-refractivity contribution in [2.75, 3.05) is 0 Å². The normalized spacial score (nSPS) is 9.29. The van der Waals surface area contributed by atoms with Crippen molar-refractivity contribution in [3.05, 3.63) is 32.8 Å². The Morgan fingerprint density at radius 3 is 2.71 bits per heavy atom. The standard InChI is InChI=1S/C8H5ClN2O3/c1-5-2-6(11(13)14)3-7(8(5)9)10-4-12/h2-3H,1H3. The first-order valence-corrected chi connectivity index (χ1v) is 3.96. The van der Waals surface area contributed by atoms with Crippen molar-refractivity contribution in [2.45, 2.75) is 6.92 Å². The Balaban J connectivity index is 3.42. The molecule has 5 nitrogen and oxygen atoms in total. The first kappa shape index (κ1) is 10.4. The van der Waals surface area contributed by atoms with Gasteiger partial charge >= 0.3 is 0 Å². The SMILES string of the molecule is Cc1cc([N+](=O)[O-])cc(N=C=O)c1Cl. The molecule has 0 aliphatic rings. The highest BCUT2D eigenvalue weighted by atomic mass is 35.5. The zero-order chi connectivity index (χ0) is 10.7. The van der Waals surface area contributed by atoms with Gasteiger partial charge in [0.1, 0.15) is 5.69 Å². The fourth-order valence-electron chi connectivity index (χ4n) is 0.968. The van der Waals surface area contributed by atoms with Crippen LogP contribution in [0.1, 0.15) is 5.56 Å². The van der Waals surface area contributed by atoms with E-state index in [-0.39, 0.29) is 16.4 Å². The molecule has 0 aliphatic carbocycles. The molecule has 72 valence electrons. The number of halogens is 1. The number of nitrogens with zero attached hydrogens (tertiary/aromatic N) is 2. The zero-order valence-corrected chi connectivity index (χ0v) is 7.91. The third kappa shape index (κ3) is 1.96. The van der Waals surface area contributed by atoms with Gasteiger partial charge in [-0.25, -0.2) is 4.79 Å². The molecule has 0 bridgehead atoms. The third-order valence-corrected chi connectivity index (χ3v) is 2.09. The molecule has 0 fully saturated rings. The molecule has 0 unspecified atom stereocenters. The lowest BCUT2D eigenvalue weighted by Gasteiger charge is -2.00. The van der Waals surface area contributed by atoms with Crippen LogP contribution in [0.5, 0.6) is 0 Å². The molecule has 0 saturated heterocycles. The number of nitro benzene ring substituents is 1. The highest BCUT2D eigenvalue weighted by Gasteiger charge is 2.12. The largest absolute Gasteiger partial charge is 0.271 e. The number of rotatable bonds is 2. The molecule has 1 rings (SSSR count). The summed E-state index contributed by atoms with van der Waals surface area (Å²) in [5.41, 5.74) is 0.407. The maximum absolute atomic E-state index is 10.4. The van der Waals surface area contributed by atoms with E-state index in [0.29, 0.717) is 5.56 Å². The van der Waals surface area contributed by atoms with Gasteiger partial charge in [0.25, 0.3) is 5.69 Å². The minimum Gasteiger partial charge on any atom is -0.258 e. The highest BCUT2D eigenvalue weighted by molar-refractivity contribution is 6.33. The monoisotopic (exact) mass is 212 g/mol. The van der Waals surface area contributed by atoms with Crippen LogP contribution >= 0.6 is 11.6 Å². The average molecular weight is 213 g/mol. The average Bonchev–Trinajstić information content (AvgIpc) is 2.12. The zero-order valence-electron chi connectivity index (χ0n) is 7.15. The van der Waals surface area contributed by atoms with Gasteiger partial charge in [0.05, 0.1) is 9.95 Å². The van der Waals surface area contributed by atoms with Crippen LogP contribution in [0, 0.1) is 17.0 Å². The number of hydrogen-bond donors (Lipinski definition) is 0. The fraction of sp³-hybridized carbons (Fsp3) is 0.125. The van der Waals surface area contributed by atoms with E-state index < -0.39 is 4.92 Å². The summed E-state index contributed by atoms with van der Waals surface area (Å²) in [5.74, 6) is 0. The van der Waals surface area contributed by atoms with Gasteiger partial charge in [-0.3, -0.25) is 10.1 Å². The van der Waals surface area contributed by atoms with Crippen LogP contribution < -0.4 is 0 Å². The van der Waals surface area contributed by atoms with Gasteiger partial charge in [0, 0.05) is 12.1 Å². The summed E-state index contributed by atoms with van der Waals surface area (Å²) in [6.45, 7) is 1.60. The molecule has 0 aromatic heterocycles. The quantitative estimate of drug-likeness (QED) is 0.327. The minimum atomic E-state index is -0.576. The Morgan fingerprint density at radius 1 is 1.57 bits per heavy atom. The van der Waals surface area contributed by atoms with Crippen molar-refractivity contribution in [1.82, 2.24) is 0 Å². The number of isocyanates is 1. The van der Waals surface area contributed by atoms with Crippen LogP contribution in [-0.2, 0) is 4.79 Å². The molecule has 0 amide bonds. The predicted octanol–water partition coefficient (Wildman–Crippen LogP) is 2.52. The van der Waals surface area contributed by atoms with E-state index in [0.717, 1.165) is 6.07 Å². The van der Waals surface area contributed by atoms with E-state index in [9.17, 15) is 14.9 Å². The molecule has 6 heteroatoms.